The van der Waals surface area contributed by atoms with Gasteiger partial charge in [-0.25, -0.2) is 4.39 Å². The minimum Gasteiger partial charge on any atom is -0.497 e. The maximum atomic E-state index is 13.9. The Hall–Kier alpha value is -2.27. The first kappa shape index (κ1) is 24.0. The van der Waals surface area contributed by atoms with Crippen LogP contribution in [0.2, 0.25) is 0 Å². The topological polar surface area (TPSA) is 73.3 Å². The third kappa shape index (κ3) is 6.11. The number of nitrogens with zero attached hydrogens (tertiary/aromatic N) is 1. The quantitative estimate of drug-likeness (QED) is 0.325. The number of guanidine groups is 1. The molecule has 30 heavy (non-hydrogen) atoms. The normalized spacial score (nSPS) is 12.9. The van der Waals surface area contributed by atoms with Crippen LogP contribution < -0.4 is 24.8 Å². The predicted octanol–water partition coefficient (Wildman–Crippen LogP) is 3.24. The average molecular weight is 531 g/mol. The molecule has 0 bridgehead atoms. The summed E-state index contributed by atoms with van der Waals surface area (Å²) >= 11 is 0. The van der Waals surface area contributed by atoms with Crippen molar-refractivity contribution < 1.29 is 23.3 Å². The molecule has 1 aliphatic heterocycles. The molecule has 2 aromatic rings. The molecule has 0 fully saturated rings. The molecule has 7 nitrogen and oxygen atoms in total. The Morgan fingerprint density at radius 3 is 2.70 bits per heavy atom. The number of fused-ring (bicyclic) bond motifs is 1. The maximum absolute atomic E-state index is 13.9. The number of benzene rings is 2. The van der Waals surface area contributed by atoms with Crippen molar-refractivity contribution in [3.05, 3.63) is 52.8 Å². The van der Waals surface area contributed by atoms with E-state index in [1.807, 2.05) is 18.2 Å². The molecule has 0 aliphatic carbocycles. The molecule has 0 spiro atoms. The Kier molecular flexibility index (Phi) is 9.44. The van der Waals surface area contributed by atoms with Gasteiger partial charge in [-0.2, -0.15) is 0 Å². The molecule has 0 unspecified atom stereocenters. The van der Waals surface area contributed by atoms with Crippen LogP contribution in [0.25, 0.3) is 0 Å². The summed E-state index contributed by atoms with van der Waals surface area (Å²) in [5.74, 6) is 2.53. The van der Waals surface area contributed by atoms with Gasteiger partial charge in [-0.1, -0.05) is 0 Å². The first-order valence-corrected chi connectivity index (χ1v) is 9.32. The average Bonchev–Trinajstić information content (AvgIpc) is 2.75. The van der Waals surface area contributed by atoms with Gasteiger partial charge in [0.25, 0.3) is 0 Å². The minimum atomic E-state index is -0.290. The molecule has 2 N–H and O–H groups in total. The Morgan fingerprint density at radius 1 is 1.13 bits per heavy atom. The van der Waals surface area contributed by atoms with E-state index < -0.39 is 0 Å². The molecule has 0 saturated carbocycles. The number of rotatable bonds is 7. The highest BCUT2D eigenvalue weighted by Crippen LogP contribution is 2.29. The van der Waals surface area contributed by atoms with E-state index in [2.05, 4.69) is 15.6 Å². The zero-order valence-electron chi connectivity index (χ0n) is 17.3. The fraction of sp³-hybridized carbons (Fsp3) is 0.381. The van der Waals surface area contributed by atoms with Crippen molar-refractivity contribution in [1.29, 1.82) is 0 Å². The van der Waals surface area contributed by atoms with E-state index in [9.17, 15) is 4.39 Å². The number of hydrogen-bond acceptors (Lipinski definition) is 5. The molecule has 164 valence electrons. The van der Waals surface area contributed by atoms with Crippen LogP contribution in [0.4, 0.5) is 4.39 Å². The van der Waals surface area contributed by atoms with Crippen LogP contribution in [0.1, 0.15) is 16.7 Å². The van der Waals surface area contributed by atoms with Gasteiger partial charge >= 0.3 is 0 Å². The van der Waals surface area contributed by atoms with Crippen molar-refractivity contribution in [3.8, 4) is 17.2 Å². The highest BCUT2D eigenvalue weighted by molar-refractivity contribution is 14.0. The molecule has 0 aromatic heterocycles. The first-order valence-electron chi connectivity index (χ1n) is 9.32. The van der Waals surface area contributed by atoms with Crippen molar-refractivity contribution in [2.24, 2.45) is 4.99 Å². The Bertz CT molecular complexity index is 880. The van der Waals surface area contributed by atoms with Crippen molar-refractivity contribution in [2.75, 3.05) is 34.6 Å². The number of methoxy groups -OCH3 is 2. The lowest BCUT2D eigenvalue weighted by molar-refractivity contribution is -0.0172. The predicted molar refractivity (Wildman–Crippen MR) is 124 cm³/mol. The summed E-state index contributed by atoms with van der Waals surface area (Å²) in [5, 5.41) is 6.49. The molecule has 0 amide bonds. The van der Waals surface area contributed by atoms with Gasteiger partial charge in [0, 0.05) is 37.3 Å². The summed E-state index contributed by atoms with van der Waals surface area (Å²) in [6, 6.07) is 8.62. The van der Waals surface area contributed by atoms with Crippen LogP contribution in [-0.4, -0.2) is 40.6 Å². The summed E-state index contributed by atoms with van der Waals surface area (Å²) in [6.45, 7) is 1.65. The Balaban J connectivity index is 0.00000320. The second-order valence-corrected chi connectivity index (χ2v) is 6.44. The summed E-state index contributed by atoms with van der Waals surface area (Å²) in [5.41, 5.74) is 2.52. The van der Waals surface area contributed by atoms with Crippen molar-refractivity contribution >= 4 is 29.9 Å². The van der Waals surface area contributed by atoms with Gasteiger partial charge in [-0.15, -0.1) is 24.0 Å². The Labute approximate surface area is 193 Å². The molecule has 9 heteroatoms. The van der Waals surface area contributed by atoms with Crippen LogP contribution >= 0.6 is 24.0 Å². The summed E-state index contributed by atoms with van der Waals surface area (Å²) in [6.07, 6.45) is 0.590. The van der Waals surface area contributed by atoms with Gasteiger partial charge in [0.2, 0.25) is 0 Å². The lowest BCUT2D eigenvalue weighted by atomic mass is 10.1. The van der Waals surface area contributed by atoms with Crippen LogP contribution in [0.3, 0.4) is 0 Å². The largest absolute Gasteiger partial charge is 0.497 e. The lowest BCUT2D eigenvalue weighted by Gasteiger charge is -2.21. The molecule has 0 radical (unpaired) electrons. The van der Waals surface area contributed by atoms with E-state index in [0.717, 1.165) is 28.2 Å². The van der Waals surface area contributed by atoms with Crippen molar-refractivity contribution in [1.82, 2.24) is 10.6 Å². The third-order valence-corrected chi connectivity index (χ3v) is 4.60. The summed E-state index contributed by atoms with van der Waals surface area (Å²) in [7, 11) is 4.94. The molecule has 2 aromatic carbocycles. The molecular weight excluding hydrogens is 504 g/mol. The van der Waals surface area contributed by atoms with Crippen LogP contribution in [-0.2, 0) is 24.3 Å². The van der Waals surface area contributed by atoms with E-state index in [1.165, 1.54) is 12.1 Å². The number of aliphatic imine (C=N–C) groups is 1. The zero-order valence-corrected chi connectivity index (χ0v) is 19.6. The SMILES string of the molecule is CN=C(NCCc1cc(F)cc2c1OCOC2)NCc1ccc(OC)cc1OC.I. The maximum Gasteiger partial charge on any atom is 0.191 e. The van der Waals surface area contributed by atoms with Gasteiger partial charge in [0.05, 0.1) is 20.8 Å². The molecule has 3 rings (SSSR count). The van der Waals surface area contributed by atoms with E-state index >= 15 is 0 Å². The second kappa shape index (κ2) is 11.8. The van der Waals surface area contributed by atoms with Gasteiger partial charge in [-0.3, -0.25) is 4.99 Å². The van der Waals surface area contributed by atoms with Crippen LogP contribution in [0, 0.1) is 5.82 Å². The summed E-state index contributed by atoms with van der Waals surface area (Å²) < 4.78 is 35.3. The number of hydrogen-bond donors (Lipinski definition) is 2. The van der Waals surface area contributed by atoms with Crippen molar-refractivity contribution in [3.63, 3.8) is 0 Å². The van der Waals surface area contributed by atoms with Gasteiger partial charge in [-0.05, 0) is 36.2 Å². The highest BCUT2D eigenvalue weighted by Gasteiger charge is 2.16. The van der Waals surface area contributed by atoms with Crippen molar-refractivity contribution in [2.45, 2.75) is 19.6 Å². The zero-order chi connectivity index (χ0) is 20.6. The van der Waals surface area contributed by atoms with Crippen LogP contribution in [0.5, 0.6) is 17.2 Å². The lowest BCUT2D eigenvalue weighted by Crippen LogP contribution is -2.38. The fourth-order valence-electron chi connectivity index (χ4n) is 3.16. The van der Waals surface area contributed by atoms with E-state index in [4.69, 9.17) is 18.9 Å². The number of nitrogens with one attached hydrogen (secondary N) is 2. The summed E-state index contributed by atoms with van der Waals surface area (Å²) in [4.78, 5) is 4.23. The molecular formula is C21H27FIN3O4. The highest BCUT2D eigenvalue weighted by atomic mass is 127. The minimum absolute atomic E-state index is 0. The van der Waals surface area contributed by atoms with Crippen LogP contribution in [0.15, 0.2) is 35.3 Å². The smallest absolute Gasteiger partial charge is 0.191 e. The van der Waals surface area contributed by atoms with E-state index in [1.54, 1.807) is 21.3 Å². The Morgan fingerprint density at radius 2 is 1.97 bits per heavy atom. The second-order valence-electron chi connectivity index (χ2n) is 6.44. The van der Waals surface area contributed by atoms with Gasteiger partial charge in [0.15, 0.2) is 12.8 Å². The molecule has 0 atom stereocenters. The first-order chi connectivity index (χ1) is 14.1. The van der Waals surface area contributed by atoms with Gasteiger partial charge < -0.3 is 29.6 Å². The van der Waals surface area contributed by atoms with Gasteiger partial charge in [0.1, 0.15) is 23.1 Å². The standard InChI is InChI=1S/C21H26FN3O4.HI/c1-23-21(25-11-15-4-5-18(26-2)10-19(15)27-3)24-7-6-14-8-17(22)9-16-12-28-13-29-20(14)16;/h4-5,8-10H,6-7,11-13H2,1-3H3,(H2,23,24,25);1H. The van der Waals surface area contributed by atoms with E-state index in [-0.39, 0.29) is 36.6 Å². The molecule has 0 saturated heterocycles. The number of ether oxygens (including phenoxy) is 4. The van der Waals surface area contributed by atoms with E-state index in [0.29, 0.717) is 37.8 Å². The fourth-order valence-corrected chi connectivity index (χ4v) is 3.16. The monoisotopic (exact) mass is 531 g/mol. The molecule has 1 heterocycles. The third-order valence-electron chi connectivity index (χ3n) is 4.60. The number of halogens is 2. The molecule has 1 aliphatic rings.